The quantitative estimate of drug-likeness (QED) is 0.863. The first-order valence-corrected chi connectivity index (χ1v) is 8.90. The Labute approximate surface area is 142 Å². The number of allylic oxidation sites excluding steroid dienone is 1. The van der Waals surface area contributed by atoms with Gasteiger partial charge in [0.05, 0.1) is 5.92 Å². The van der Waals surface area contributed by atoms with E-state index in [1.54, 1.807) is 0 Å². The van der Waals surface area contributed by atoms with Gasteiger partial charge in [0.1, 0.15) is 0 Å². The standard InChI is InChI=1S/C20H23N3O/c1-2-15(17-9-5-7-13-6-3-4-8-16(13)17)20(24)21-19-12-18(22-23-19)14-10-11-14/h3-4,6,8-9,12,14-15H,2,5,7,10-11H2,1H3,(H2,21,22,23,24). The van der Waals surface area contributed by atoms with Gasteiger partial charge in [-0.25, -0.2) is 0 Å². The van der Waals surface area contributed by atoms with Crippen LogP contribution in [0, 0.1) is 5.92 Å². The summed E-state index contributed by atoms with van der Waals surface area (Å²) in [5, 5.41) is 10.3. The number of H-pyrrole nitrogens is 1. The number of benzene rings is 1. The third-order valence-corrected chi connectivity index (χ3v) is 5.07. The third-order valence-electron chi connectivity index (χ3n) is 5.07. The molecular formula is C20H23N3O. The fraction of sp³-hybridized carbons (Fsp3) is 0.400. The van der Waals surface area contributed by atoms with E-state index in [2.05, 4.69) is 52.8 Å². The summed E-state index contributed by atoms with van der Waals surface area (Å²) in [7, 11) is 0. The van der Waals surface area contributed by atoms with Gasteiger partial charge in [0.15, 0.2) is 5.82 Å². The first kappa shape index (κ1) is 15.2. The number of nitrogens with one attached hydrogen (secondary N) is 2. The zero-order chi connectivity index (χ0) is 16.5. The first-order valence-electron chi connectivity index (χ1n) is 8.90. The van der Waals surface area contributed by atoms with Crippen LogP contribution < -0.4 is 5.32 Å². The summed E-state index contributed by atoms with van der Waals surface area (Å²) < 4.78 is 0. The molecule has 2 aromatic rings. The Morgan fingerprint density at radius 1 is 1.38 bits per heavy atom. The van der Waals surface area contributed by atoms with Crippen LogP contribution in [-0.4, -0.2) is 16.1 Å². The van der Waals surface area contributed by atoms with Crippen molar-refractivity contribution in [3.63, 3.8) is 0 Å². The lowest BCUT2D eigenvalue weighted by Crippen LogP contribution is -2.25. The van der Waals surface area contributed by atoms with Crippen LogP contribution >= 0.6 is 0 Å². The summed E-state index contributed by atoms with van der Waals surface area (Å²) in [6.45, 7) is 2.07. The van der Waals surface area contributed by atoms with Crippen LogP contribution in [0.5, 0.6) is 0 Å². The van der Waals surface area contributed by atoms with Crippen molar-refractivity contribution in [3.05, 3.63) is 53.2 Å². The number of carbonyl (C=O) groups is 1. The highest BCUT2D eigenvalue weighted by atomic mass is 16.2. The second kappa shape index (κ2) is 6.27. The maximum Gasteiger partial charge on any atom is 0.233 e. The number of aryl methyl sites for hydroxylation is 1. The lowest BCUT2D eigenvalue weighted by molar-refractivity contribution is -0.118. The summed E-state index contributed by atoms with van der Waals surface area (Å²) in [6, 6.07) is 10.4. The van der Waals surface area contributed by atoms with Gasteiger partial charge in [-0.15, -0.1) is 0 Å². The van der Waals surface area contributed by atoms with E-state index >= 15 is 0 Å². The van der Waals surface area contributed by atoms with E-state index in [0.717, 1.165) is 30.5 Å². The molecule has 4 heteroatoms. The van der Waals surface area contributed by atoms with E-state index in [0.29, 0.717) is 11.7 Å². The van der Waals surface area contributed by atoms with Crippen molar-refractivity contribution in [2.45, 2.75) is 44.9 Å². The molecular weight excluding hydrogens is 298 g/mol. The predicted molar refractivity (Wildman–Crippen MR) is 95.7 cm³/mol. The number of aromatic amines is 1. The molecule has 4 rings (SSSR count). The van der Waals surface area contributed by atoms with Crippen molar-refractivity contribution in [3.8, 4) is 0 Å². The van der Waals surface area contributed by atoms with Crippen LogP contribution in [-0.2, 0) is 11.2 Å². The molecule has 124 valence electrons. The molecule has 0 aliphatic heterocycles. The molecule has 2 aliphatic rings. The number of fused-ring (bicyclic) bond motifs is 1. The monoisotopic (exact) mass is 321 g/mol. The van der Waals surface area contributed by atoms with Gasteiger partial charge in [-0.3, -0.25) is 9.89 Å². The van der Waals surface area contributed by atoms with Crippen LogP contribution in [0.4, 0.5) is 5.82 Å². The molecule has 0 spiro atoms. The molecule has 1 aromatic heterocycles. The zero-order valence-corrected chi connectivity index (χ0v) is 14.0. The van der Waals surface area contributed by atoms with Crippen molar-refractivity contribution in [2.75, 3.05) is 5.32 Å². The Hall–Kier alpha value is -2.36. The average molecular weight is 321 g/mol. The van der Waals surface area contributed by atoms with E-state index in [1.165, 1.54) is 24.0 Å². The van der Waals surface area contributed by atoms with Crippen molar-refractivity contribution in [1.29, 1.82) is 0 Å². The van der Waals surface area contributed by atoms with Crippen LogP contribution in [0.25, 0.3) is 5.57 Å². The molecule has 1 heterocycles. The van der Waals surface area contributed by atoms with E-state index < -0.39 is 0 Å². The summed E-state index contributed by atoms with van der Waals surface area (Å²) >= 11 is 0. The highest BCUT2D eigenvalue weighted by molar-refractivity contribution is 6.00. The van der Waals surface area contributed by atoms with Gasteiger partial charge in [0.2, 0.25) is 5.91 Å². The lowest BCUT2D eigenvalue weighted by atomic mass is 9.82. The van der Waals surface area contributed by atoms with Crippen LogP contribution in [0.15, 0.2) is 36.4 Å². The Morgan fingerprint density at radius 3 is 3.00 bits per heavy atom. The minimum atomic E-state index is -0.132. The van der Waals surface area contributed by atoms with E-state index in [-0.39, 0.29) is 11.8 Å². The molecule has 2 aliphatic carbocycles. The normalized spacial score (nSPS) is 17.8. The maximum atomic E-state index is 12.8. The van der Waals surface area contributed by atoms with E-state index in [9.17, 15) is 4.79 Å². The van der Waals surface area contributed by atoms with E-state index in [1.807, 2.05) is 6.07 Å². The van der Waals surface area contributed by atoms with Gasteiger partial charge in [-0.1, -0.05) is 37.3 Å². The molecule has 1 saturated carbocycles. The van der Waals surface area contributed by atoms with E-state index in [4.69, 9.17) is 0 Å². The molecule has 1 unspecified atom stereocenters. The second-order valence-electron chi connectivity index (χ2n) is 6.79. The molecule has 24 heavy (non-hydrogen) atoms. The average Bonchev–Trinajstić information content (AvgIpc) is 3.36. The van der Waals surface area contributed by atoms with Crippen molar-refractivity contribution >= 4 is 17.3 Å². The molecule has 0 bridgehead atoms. The minimum absolute atomic E-state index is 0.0364. The Morgan fingerprint density at radius 2 is 2.21 bits per heavy atom. The van der Waals surface area contributed by atoms with Gasteiger partial charge < -0.3 is 5.32 Å². The third kappa shape index (κ3) is 2.88. The van der Waals surface area contributed by atoms with Crippen LogP contribution in [0.1, 0.15) is 55.3 Å². The van der Waals surface area contributed by atoms with Crippen molar-refractivity contribution in [1.82, 2.24) is 10.2 Å². The number of hydrogen-bond donors (Lipinski definition) is 2. The van der Waals surface area contributed by atoms with Gasteiger partial charge in [-0.2, -0.15) is 5.10 Å². The molecule has 1 fully saturated rings. The highest BCUT2D eigenvalue weighted by Gasteiger charge is 2.28. The summed E-state index contributed by atoms with van der Waals surface area (Å²) in [4.78, 5) is 12.8. The number of hydrogen-bond acceptors (Lipinski definition) is 2. The summed E-state index contributed by atoms with van der Waals surface area (Å²) in [5.41, 5.74) is 4.87. The van der Waals surface area contributed by atoms with Gasteiger partial charge in [0.25, 0.3) is 0 Å². The SMILES string of the molecule is CCC(C(=O)Nc1cc(C2CC2)[nH]n1)C1=CCCc2ccccc21. The van der Waals surface area contributed by atoms with Gasteiger partial charge in [0, 0.05) is 17.7 Å². The number of rotatable bonds is 5. The van der Waals surface area contributed by atoms with Crippen LogP contribution in [0.2, 0.25) is 0 Å². The van der Waals surface area contributed by atoms with Crippen molar-refractivity contribution < 1.29 is 4.79 Å². The fourth-order valence-electron chi connectivity index (χ4n) is 3.61. The number of carbonyl (C=O) groups excluding carboxylic acids is 1. The largest absolute Gasteiger partial charge is 0.309 e. The molecule has 1 aromatic carbocycles. The summed E-state index contributed by atoms with van der Waals surface area (Å²) in [5.74, 6) is 1.16. The zero-order valence-electron chi connectivity index (χ0n) is 14.0. The highest BCUT2D eigenvalue weighted by Crippen LogP contribution is 2.39. The molecule has 2 N–H and O–H groups in total. The fourth-order valence-corrected chi connectivity index (χ4v) is 3.61. The molecule has 4 nitrogen and oxygen atoms in total. The second-order valence-corrected chi connectivity index (χ2v) is 6.79. The number of amides is 1. The molecule has 1 amide bonds. The van der Waals surface area contributed by atoms with Crippen LogP contribution in [0.3, 0.4) is 0 Å². The Kier molecular flexibility index (Phi) is 3.97. The molecule has 1 atom stereocenters. The first-order chi connectivity index (χ1) is 11.8. The maximum absolute atomic E-state index is 12.8. The molecule has 0 saturated heterocycles. The number of aromatic nitrogens is 2. The molecule has 0 radical (unpaired) electrons. The Balaban J connectivity index is 1.54. The lowest BCUT2D eigenvalue weighted by Gasteiger charge is -2.24. The predicted octanol–water partition coefficient (Wildman–Crippen LogP) is 4.28. The topological polar surface area (TPSA) is 57.8 Å². The number of anilines is 1. The Bertz CT molecular complexity index is 786. The van der Waals surface area contributed by atoms with Gasteiger partial charge in [-0.05, 0) is 48.8 Å². The van der Waals surface area contributed by atoms with Gasteiger partial charge >= 0.3 is 0 Å². The smallest absolute Gasteiger partial charge is 0.233 e. The minimum Gasteiger partial charge on any atom is -0.309 e. The van der Waals surface area contributed by atoms with Crippen molar-refractivity contribution in [2.24, 2.45) is 5.92 Å². The number of nitrogens with zero attached hydrogens (tertiary/aromatic N) is 1. The summed E-state index contributed by atoms with van der Waals surface area (Å²) in [6.07, 6.45) is 7.52.